The van der Waals surface area contributed by atoms with Gasteiger partial charge in [-0.05, 0) is 13.0 Å². The van der Waals surface area contributed by atoms with Gasteiger partial charge in [0.1, 0.15) is 12.2 Å². The van der Waals surface area contributed by atoms with Crippen LogP contribution in [0.4, 0.5) is 11.5 Å². The molecule has 0 bridgehead atoms. The number of nitrogens with zero attached hydrogens (tertiary/aromatic N) is 1. The second kappa shape index (κ2) is 5.03. The summed E-state index contributed by atoms with van der Waals surface area (Å²) in [5.74, 6) is 5.39. The first-order valence-electron chi connectivity index (χ1n) is 4.63. The van der Waals surface area contributed by atoms with E-state index in [-0.39, 0.29) is 18.2 Å². The number of carbonyl (C=O) groups excluding carboxylic acids is 1. The molecule has 16 heavy (non-hydrogen) atoms. The van der Waals surface area contributed by atoms with Crippen molar-refractivity contribution in [2.24, 2.45) is 0 Å². The van der Waals surface area contributed by atoms with E-state index >= 15 is 0 Å². The Bertz CT molecular complexity index is 472. The number of aromatic nitrogens is 1. The molecule has 0 saturated heterocycles. The minimum absolute atomic E-state index is 0.0419. The lowest BCUT2D eigenvalue weighted by molar-refractivity contribution is -0.139. The quantitative estimate of drug-likeness (QED) is 0.529. The van der Waals surface area contributed by atoms with E-state index < -0.39 is 0 Å². The summed E-state index contributed by atoms with van der Waals surface area (Å²) < 4.78 is 4.46. The summed E-state index contributed by atoms with van der Waals surface area (Å²) in [6, 6.07) is 1.64. The molecule has 0 atom stereocenters. The Morgan fingerprint density at radius 3 is 2.88 bits per heavy atom. The van der Waals surface area contributed by atoms with Gasteiger partial charge in [-0.3, -0.25) is 4.79 Å². The summed E-state index contributed by atoms with van der Waals surface area (Å²) in [6.07, 6.45) is 0.0419. The lowest BCUT2D eigenvalue weighted by atomic mass is 10.2. The van der Waals surface area contributed by atoms with E-state index in [2.05, 4.69) is 21.6 Å². The number of ether oxygens (including phenoxy) is 1. The van der Waals surface area contributed by atoms with Crippen LogP contribution in [0.3, 0.4) is 0 Å². The van der Waals surface area contributed by atoms with Gasteiger partial charge in [0, 0.05) is 5.56 Å². The topological polar surface area (TPSA) is 91.2 Å². The second-order valence-corrected chi connectivity index (χ2v) is 3.15. The third-order valence-corrected chi connectivity index (χ3v) is 1.96. The highest BCUT2D eigenvalue weighted by atomic mass is 16.5. The molecule has 4 N–H and O–H groups in total. The van der Waals surface area contributed by atoms with Crippen molar-refractivity contribution in [3.8, 4) is 11.8 Å². The number of pyridine rings is 1. The Kier molecular flexibility index (Phi) is 3.72. The molecule has 0 radical (unpaired) electrons. The number of nitrogens with two attached hydrogens (primary N) is 2. The molecule has 0 fully saturated rings. The van der Waals surface area contributed by atoms with Crippen LogP contribution in [0.15, 0.2) is 6.07 Å². The van der Waals surface area contributed by atoms with Crippen molar-refractivity contribution in [2.75, 3.05) is 18.6 Å². The van der Waals surface area contributed by atoms with Crippen LogP contribution in [-0.4, -0.2) is 18.1 Å². The number of carbonyl (C=O) groups is 1. The summed E-state index contributed by atoms with van der Waals surface area (Å²) in [5, 5.41) is 0. The molecule has 0 saturated carbocycles. The average Bonchev–Trinajstić information content (AvgIpc) is 2.25. The number of nitrogen functional groups attached to an aromatic ring is 2. The van der Waals surface area contributed by atoms with Gasteiger partial charge in [-0.2, -0.15) is 0 Å². The summed E-state index contributed by atoms with van der Waals surface area (Å²) in [7, 11) is 1.32. The fraction of sp³-hybridized carbons (Fsp3) is 0.273. The number of anilines is 2. The zero-order valence-corrected chi connectivity index (χ0v) is 9.20. The molecule has 0 aromatic carbocycles. The summed E-state index contributed by atoms with van der Waals surface area (Å²) in [6.45, 7) is 1.78. The SMILES string of the molecule is COC(=O)CC#Cc1cc(N)c(N)nc1C. The molecule has 1 aromatic heterocycles. The molecule has 1 aromatic rings. The van der Waals surface area contributed by atoms with Crippen molar-refractivity contribution < 1.29 is 9.53 Å². The van der Waals surface area contributed by atoms with Crippen molar-refractivity contribution in [1.82, 2.24) is 4.98 Å². The molecule has 1 rings (SSSR count). The molecule has 0 amide bonds. The first kappa shape index (κ1) is 11.9. The van der Waals surface area contributed by atoms with Crippen molar-refractivity contribution in [3.63, 3.8) is 0 Å². The lowest BCUT2D eigenvalue weighted by Gasteiger charge is -2.02. The standard InChI is InChI=1S/C11H13N3O2/c1-7-8(4-3-5-10(15)16-2)6-9(12)11(13)14-7/h6H,5,12H2,1-2H3,(H2,13,14). The third-order valence-electron chi connectivity index (χ3n) is 1.96. The molecule has 84 valence electrons. The Morgan fingerprint density at radius 1 is 1.56 bits per heavy atom. The maximum absolute atomic E-state index is 10.8. The van der Waals surface area contributed by atoms with Gasteiger partial charge in [-0.25, -0.2) is 4.98 Å². The molecule has 0 unspecified atom stereocenters. The van der Waals surface area contributed by atoms with Gasteiger partial charge in [0.05, 0.1) is 18.5 Å². The maximum atomic E-state index is 10.8. The number of hydrogen-bond donors (Lipinski definition) is 2. The van der Waals surface area contributed by atoms with Gasteiger partial charge in [0.2, 0.25) is 0 Å². The normalized spacial score (nSPS) is 9.12. The van der Waals surface area contributed by atoms with E-state index in [0.717, 1.165) is 0 Å². The highest BCUT2D eigenvalue weighted by Crippen LogP contribution is 2.15. The van der Waals surface area contributed by atoms with E-state index in [1.54, 1.807) is 13.0 Å². The highest BCUT2D eigenvalue weighted by molar-refractivity contribution is 5.72. The predicted molar refractivity (Wildman–Crippen MR) is 61.3 cm³/mol. The largest absolute Gasteiger partial charge is 0.468 e. The number of aryl methyl sites for hydroxylation is 1. The molecule has 0 aliphatic heterocycles. The van der Waals surface area contributed by atoms with E-state index in [1.807, 2.05) is 0 Å². The minimum atomic E-state index is -0.374. The predicted octanol–water partition coefficient (Wildman–Crippen LogP) is 0.469. The monoisotopic (exact) mass is 219 g/mol. The summed E-state index contributed by atoms with van der Waals surface area (Å²) in [5.41, 5.74) is 12.9. The average molecular weight is 219 g/mol. The summed E-state index contributed by atoms with van der Waals surface area (Å²) in [4.78, 5) is 14.8. The van der Waals surface area contributed by atoms with Gasteiger partial charge in [0.15, 0.2) is 0 Å². The lowest BCUT2D eigenvalue weighted by Crippen LogP contribution is -2.01. The Labute approximate surface area is 93.8 Å². The highest BCUT2D eigenvalue weighted by Gasteiger charge is 2.02. The van der Waals surface area contributed by atoms with E-state index in [9.17, 15) is 4.79 Å². The van der Waals surface area contributed by atoms with Gasteiger partial charge in [-0.1, -0.05) is 11.8 Å². The van der Waals surface area contributed by atoms with Gasteiger partial charge >= 0.3 is 5.97 Å². The minimum Gasteiger partial charge on any atom is -0.468 e. The van der Waals surface area contributed by atoms with Crippen LogP contribution in [0.25, 0.3) is 0 Å². The second-order valence-electron chi connectivity index (χ2n) is 3.15. The fourth-order valence-corrected chi connectivity index (χ4v) is 1.05. The fourth-order valence-electron chi connectivity index (χ4n) is 1.05. The van der Waals surface area contributed by atoms with Crippen LogP contribution < -0.4 is 11.5 Å². The van der Waals surface area contributed by atoms with E-state index in [1.165, 1.54) is 7.11 Å². The molecule has 0 aliphatic rings. The number of esters is 1. The van der Waals surface area contributed by atoms with E-state index in [0.29, 0.717) is 16.9 Å². The smallest absolute Gasteiger partial charge is 0.317 e. The Hall–Kier alpha value is -2.22. The number of rotatable bonds is 1. The van der Waals surface area contributed by atoms with Gasteiger partial charge < -0.3 is 16.2 Å². The molecular weight excluding hydrogens is 206 g/mol. The zero-order chi connectivity index (χ0) is 12.1. The van der Waals surface area contributed by atoms with Crippen LogP contribution in [0.5, 0.6) is 0 Å². The van der Waals surface area contributed by atoms with Crippen molar-refractivity contribution >= 4 is 17.5 Å². The third kappa shape index (κ3) is 2.89. The van der Waals surface area contributed by atoms with Crippen LogP contribution in [0, 0.1) is 18.8 Å². The summed E-state index contributed by atoms with van der Waals surface area (Å²) >= 11 is 0. The number of methoxy groups -OCH3 is 1. The van der Waals surface area contributed by atoms with E-state index in [4.69, 9.17) is 11.5 Å². The molecular formula is C11H13N3O2. The van der Waals surface area contributed by atoms with Gasteiger partial charge in [0.25, 0.3) is 0 Å². The van der Waals surface area contributed by atoms with Crippen molar-refractivity contribution in [3.05, 3.63) is 17.3 Å². The van der Waals surface area contributed by atoms with Crippen LogP contribution in [0.2, 0.25) is 0 Å². The molecule has 5 nitrogen and oxygen atoms in total. The molecule has 5 heteroatoms. The van der Waals surface area contributed by atoms with Crippen molar-refractivity contribution in [1.29, 1.82) is 0 Å². The maximum Gasteiger partial charge on any atom is 0.317 e. The first-order chi connectivity index (χ1) is 7.54. The van der Waals surface area contributed by atoms with Crippen LogP contribution >= 0.6 is 0 Å². The van der Waals surface area contributed by atoms with Crippen LogP contribution in [-0.2, 0) is 9.53 Å². The molecule has 0 spiro atoms. The Balaban J connectivity index is 2.89. The molecule has 1 heterocycles. The number of hydrogen-bond acceptors (Lipinski definition) is 5. The zero-order valence-electron chi connectivity index (χ0n) is 9.20. The van der Waals surface area contributed by atoms with Crippen LogP contribution in [0.1, 0.15) is 17.7 Å². The molecule has 0 aliphatic carbocycles. The van der Waals surface area contributed by atoms with Gasteiger partial charge in [-0.15, -0.1) is 0 Å². The Morgan fingerprint density at radius 2 is 2.25 bits per heavy atom. The van der Waals surface area contributed by atoms with Crippen molar-refractivity contribution in [2.45, 2.75) is 13.3 Å². The first-order valence-corrected chi connectivity index (χ1v) is 4.63.